The predicted molar refractivity (Wildman–Crippen MR) is 58.4 cm³/mol. The number of carbonyl (C=O) groups is 1. The number of carboxylic acid groups (broad SMARTS) is 1. The first-order chi connectivity index (χ1) is 8.09. The number of hydrogen-bond donors (Lipinski definition) is 2. The molecule has 0 aromatic heterocycles. The number of anilines is 1. The minimum atomic E-state index is -1.34. The van der Waals surface area contributed by atoms with Crippen LogP contribution in [-0.4, -0.2) is 37.3 Å². The summed E-state index contributed by atoms with van der Waals surface area (Å²) in [6, 6.07) is 1.70. The highest BCUT2D eigenvalue weighted by molar-refractivity contribution is 5.88. The van der Waals surface area contributed by atoms with Crippen LogP contribution in [0.15, 0.2) is 12.1 Å². The Morgan fingerprint density at radius 2 is 1.76 bits per heavy atom. The standard InChI is InChI=1S/C11H12F2N2O2/c12-8-5-7(11(16)17)6-9(13)10(8)15-3-1-14-2-4-15/h5-6,14H,1-4H2,(H,16,17). The molecule has 0 saturated carbocycles. The lowest BCUT2D eigenvalue weighted by Crippen LogP contribution is -2.44. The van der Waals surface area contributed by atoms with Crippen LogP contribution in [0, 0.1) is 11.6 Å². The Bertz CT molecular complexity index is 422. The summed E-state index contributed by atoms with van der Waals surface area (Å²) in [7, 11) is 0. The second-order valence-corrected chi connectivity index (χ2v) is 3.83. The van der Waals surface area contributed by atoms with E-state index >= 15 is 0 Å². The Morgan fingerprint density at radius 3 is 2.24 bits per heavy atom. The molecule has 0 atom stereocenters. The minimum Gasteiger partial charge on any atom is -0.478 e. The van der Waals surface area contributed by atoms with E-state index in [1.54, 1.807) is 4.90 Å². The molecule has 6 heteroatoms. The first-order valence-corrected chi connectivity index (χ1v) is 5.27. The van der Waals surface area contributed by atoms with Gasteiger partial charge in [-0.3, -0.25) is 0 Å². The number of nitrogens with one attached hydrogen (secondary N) is 1. The lowest BCUT2D eigenvalue weighted by Gasteiger charge is -2.30. The average Bonchev–Trinajstić information content (AvgIpc) is 2.29. The van der Waals surface area contributed by atoms with Crippen molar-refractivity contribution in [2.24, 2.45) is 0 Å². The molecule has 0 aliphatic carbocycles. The highest BCUT2D eigenvalue weighted by Crippen LogP contribution is 2.25. The summed E-state index contributed by atoms with van der Waals surface area (Å²) >= 11 is 0. The van der Waals surface area contributed by atoms with Gasteiger partial charge in [-0.25, -0.2) is 13.6 Å². The van der Waals surface area contributed by atoms with Crippen LogP contribution in [-0.2, 0) is 0 Å². The summed E-state index contributed by atoms with van der Waals surface area (Å²) in [4.78, 5) is 12.2. The van der Waals surface area contributed by atoms with Crippen LogP contribution in [0.5, 0.6) is 0 Å². The molecule has 0 spiro atoms. The molecule has 4 nitrogen and oxygen atoms in total. The van der Waals surface area contributed by atoms with E-state index in [0.29, 0.717) is 26.2 Å². The third-order valence-corrected chi connectivity index (χ3v) is 2.70. The summed E-state index contributed by atoms with van der Waals surface area (Å²) in [5.74, 6) is -3.00. The lowest BCUT2D eigenvalue weighted by atomic mass is 10.1. The van der Waals surface area contributed by atoms with Crippen LogP contribution in [0.4, 0.5) is 14.5 Å². The molecule has 17 heavy (non-hydrogen) atoms. The Morgan fingerprint density at radius 1 is 1.24 bits per heavy atom. The fraction of sp³-hybridized carbons (Fsp3) is 0.364. The van der Waals surface area contributed by atoms with E-state index in [1.165, 1.54) is 0 Å². The Hall–Kier alpha value is -1.69. The maximum absolute atomic E-state index is 13.7. The van der Waals surface area contributed by atoms with Crippen molar-refractivity contribution in [1.29, 1.82) is 0 Å². The van der Waals surface area contributed by atoms with Gasteiger partial charge in [0.1, 0.15) is 17.3 Å². The molecule has 1 aromatic rings. The van der Waals surface area contributed by atoms with Gasteiger partial charge in [0.15, 0.2) is 0 Å². The van der Waals surface area contributed by atoms with Crippen LogP contribution in [0.2, 0.25) is 0 Å². The van der Waals surface area contributed by atoms with Crippen molar-refractivity contribution in [3.05, 3.63) is 29.3 Å². The van der Waals surface area contributed by atoms with Crippen LogP contribution in [0.3, 0.4) is 0 Å². The van der Waals surface area contributed by atoms with Crippen molar-refractivity contribution in [2.45, 2.75) is 0 Å². The van der Waals surface area contributed by atoms with Crippen molar-refractivity contribution in [2.75, 3.05) is 31.1 Å². The van der Waals surface area contributed by atoms with Gasteiger partial charge >= 0.3 is 5.97 Å². The van der Waals surface area contributed by atoms with E-state index in [1.807, 2.05) is 0 Å². The first kappa shape index (κ1) is 11.8. The Labute approximate surface area is 96.8 Å². The molecule has 0 radical (unpaired) electrons. The van der Waals surface area contributed by atoms with E-state index < -0.39 is 17.6 Å². The number of nitrogens with zero attached hydrogens (tertiary/aromatic N) is 1. The van der Waals surface area contributed by atoms with Crippen LogP contribution >= 0.6 is 0 Å². The quantitative estimate of drug-likeness (QED) is 0.814. The smallest absolute Gasteiger partial charge is 0.335 e. The van der Waals surface area contributed by atoms with Crippen molar-refractivity contribution < 1.29 is 18.7 Å². The van der Waals surface area contributed by atoms with Crippen molar-refractivity contribution in [1.82, 2.24) is 5.32 Å². The molecule has 1 heterocycles. The molecule has 0 unspecified atom stereocenters. The van der Waals surface area contributed by atoms with Crippen LogP contribution in [0.1, 0.15) is 10.4 Å². The number of hydrogen-bond acceptors (Lipinski definition) is 3. The molecular weight excluding hydrogens is 230 g/mol. The maximum Gasteiger partial charge on any atom is 0.335 e. The molecule has 1 saturated heterocycles. The Kier molecular flexibility index (Phi) is 3.23. The van der Waals surface area contributed by atoms with Gasteiger partial charge in [-0.2, -0.15) is 0 Å². The highest BCUT2D eigenvalue weighted by atomic mass is 19.1. The number of rotatable bonds is 2. The Balaban J connectivity index is 2.37. The first-order valence-electron chi connectivity index (χ1n) is 5.27. The van der Waals surface area contributed by atoms with Gasteiger partial charge in [0.25, 0.3) is 0 Å². The average molecular weight is 242 g/mol. The van der Waals surface area contributed by atoms with E-state index in [2.05, 4.69) is 5.32 Å². The molecule has 2 rings (SSSR count). The minimum absolute atomic E-state index is 0.142. The molecule has 1 aliphatic heterocycles. The zero-order valence-corrected chi connectivity index (χ0v) is 9.04. The fourth-order valence-corrected chi connectivity index (χ4v) is 1.88. The van der Waals surface area contributed by atoms with Crippen molar-refractivity contribution in [3.8, 4) is 0 Å². The SMILES string of the molecule is O=C(O)c1cc(F)c(N2CCNCC2)c(F)c1. The maximum atomic E-state index is 13.7. The van der Waals surface area contributed by atoms with Crippen molar-refractivity contribution in [3.63, 3.8) is 0 Å². The molecule has 0 amide bonds. The number of piperazine rings is 1. The number of carboxylic acids is 1. The number of benzene rings is 1. The van der Waals surface area contributed by atoms with E-state index in [9.17, 15) is 13.6 Å². The van der Waals surface area contributed by atoms with Gasteiger partial charge in [0.2, 0.25) is 0 Å². The van der Waals surface area contributed by atoms with E-state index in [-0.39, 0.29) is 11.3 Å². The van der Waals surface area contributed by atoms with Gasteiger partial charge in [-0.15, -0.1) is 0 Å². The fourth-order valence-electron chi connectivity index (χ4n) is 1.88. The molecule has 0 bridgehead atoms. The molecule has 1 fully saturated rings. The van der Waals surface area contributed by atoms with Gasteiger partial charge in [-0.1, -0.05) is 0 Å². The third kappa shape index (κ3) is 2.36. The lowest BCUT2D eigenvalue weighted by molar-refractivity contribution is 0.0696. The summed E-state index contributed by atoms with van der Waals surface area (Å²) < 4.78 is 27.4. The predicted octanol–water partition coefficient (Wildman–Crippen LogP) is 1.07. The van der Waals surface area contributed by atoms with E-state index in [0.717, 1.165) is 12.1 Å². The second-order valence-electron chi connectivity index (χ2n) is 3.83. The topological polar surface area (TPSA) is 52.6 Å². The summed E-state index contributed by atoms with van der Waals surface area (Å²) in [6.07, 6.45) is 0. The zero-order valence-electron chi connectivity index (χ0n) is 9.04. The highest BCUT2D eigenvalue weighted by Gasteiger charge is 2.21. The molecular formula is C11H12F2N2O2. The number of aromatic carboxylic acids is 1. The summed E-state index contributed by atoms with van der Waals surface area (Å²) in [6.45, 7) is 2.31. The van der Waals surface area contributed by atoms with Gasteiger partial charge in [-0.05, 0) is 12.1 Å². The molecule has 1 aliphatic rings. The normalized spacial score (nSPS) is 16.0. The molecule has 92 valence electrons. The van der Waals surface area contributed by atoms with Crippen LogP contribution < -0.4 is 10.2 Å². The zero-order chi connectivity index (χ0) is 12.4. The van der Waals surface area contributed by atoms with Crippen molar-refractivity contribution >= 4 is 11.7 Å². The van der Waals surface area contributed by atoms with E-state index in [4.69, 9.17) is 5.11 Å². The van der Waals surface area contributed by atoms with Gasteiger partial charge in [0, 0.05) is 26.2 Å². The van der Waals surface area contributed by atoms with Gasteiger partial charge < -0.3 is 15.3 Å². The third-order valence-electron chi connectivity index (χ3n) is 2.70. The van der Waals surface area contributed by atoms with Crippen LogP contribution in [0.25, 0.3) is 0 Å². The number of halogens is 2. The largest absolute Gasteiger partial charge is 0.478 e. The molecule has 1 aromatic carbocycles. The summed E-state index contributed by atoms with van der Waals surface area (Å²) in [5, 5.41) is 11.8. The molecule has 2 N–H and O–H groups in total. The monoisotopic (exact) mass is 242 g/mol. The summed E-state index contributed by atoms with van der Waals surface area (Å²) in [5.41, 5.74) is -0.518. The second kappa shape index (κ2) is 4.67. The van der Waals surface area contributed by atoms with Gasteiger partial charge in [0.05, 0.1) is 5.56 Å².